The molecule has 1 saturated heterocycles. The van der Waals surface area contributed by atoms with Gasteiger partial charge in [0, 0.05) is 36.4 Å². The zero-order valence-corrected chi connectivity index (χ0v) is 18.0. The van der Waals surface area contributed by atoms with E-state index in [2.05, 4.69) is 15.6 Å². The lowest BCUT2D eigenvalue weighted by atomic mass is 10.1. The van der Waals surface area contributed by atoms with Crippen molar-refractivity contribution in [3.8, 4) is 0 Å². The number of hydrogen-bond acceptors (Lipinski definition) is 3. The number of aromatic nitrogens is 1. The van der Waals surface area contributed by atoms with Crippen LogP contribution in [0.4, 0.5) is 14.9 Å². The molecule has 1 aliphatic heterocycles. The Morgan fingerprint density at radius 3 is 2.53 bits per heavy atom. The molecule has 8 heteroatoms. The van der Waals surface area contributed by atoms with Crippen LogP contribution in [0.3, 0.4) is 0 Å². The number of rotatable bonds is 6. The fraction of sp³-hybridized carbons (Fsp3) is 0.208. The smallest absolute Gasteiger partial charge is 0.319 e. The third-order valence-electron chi connectivity index (χ3n) is 5.37. The lowest BCUT2D eigenvalue weighted by molar-refractivity contribution is -0.129. The summed E-state index contributed by atoms with van der Waals surface area (Å²) in [6, 6.07) is 15.5. The molecule has 1 aliphatic rings. The van der Waals surface area contributed by atoms with Gasteiger partial charge in [-0.3, -0.25) is 9.78 Å². The van der Waals surface area contributed by atoms with Crippen LogP contribution in [0.15, 0.2) is 67.0 Å². The third-order valence-corrected chi connectivity index (χ3v) is 5.62. The Bertz CT molecular complexity index is 1110. The van der Waals surface area contributed by atoms with E-state index >= 15 is 0 Å². The number of pyridine rings is 1. The average Bonchev–Trinajstić information content (AvgIpc) is 3.15. The van der Waals surface area contributed by atoms with Crippen LogP contribution >= 0.6 is 11.6 Å². The molecular formula is C24H22ClFN4O2. The van der Waals surface area contributed by atoms with E-state index in [9.17, 15) is 14.0 Å². The molecule has 4 rings (SSSR count). The molecule has 164 valence electrons. The van der Waals surface area contributed by atoms with Gasteiger partial charge in [-0.25, -0.2) is 9.18 Å². The van der Waals surface area contributed by atoms with E-state index in [-0.39, 0.29) is 18.0 Å². The Labute approximate surface area is 190 Å². The van der Waals surface area contributed by atoms with Crippen LogP contribution in [0.5, 0.6) is 0 Å². The van der Waals surface area contributed by atoms with Crippen molar-refractivity contribution in [1.29, 1.82) is 0 Å². The van der Waals surface area contributed by atoms with Gasteiger partial charge < -0.3 is 15.5 Å². The zero-order chi connectivity index (χ0) is 22.5. The van der Waals surface area contributed by atoms with Crippen LogP contribution in [0.1, 0.15) is 35.6 Å². The highest BCUT2D eigenvalue weighted by Gasteiger charge is 2.32. The summed E-state index contributed by atoms with van der Waals surface area (Å²) >= 11 is 5.86. The lowest BCUT2D eigenvalue weighted by Gasteiger charge is -2.25. The summed E-state index contributed by atoms with van der Waals surface area (Å²) < 4.78 is 13.6. The van der Waals surface area contributed by atoms with Gasteiger partial charge in [-0.2, -0.15) is 0 Å². The van der Waals surface area contributed by atoms with Crippen molar-refractivity contribution in [2.75, 3.05) is 5.32 Å². The molecule has 3 aromatic rings. The molecular weight excluding hydrogens is 431 g/mol. The second-order valence-corrected chi connectivity index (χ2v) is 8.08. The van der Waals surface area contributed by atoms with Crippen LogP contribution in [0.2, 0.25) is 5.02 Å². The Balaban J connectivity index is 1.34. The topological polar surface area (TPSA) is 74.3 Å². The molecule has 0 aliphatic carbocycles. The molecule has 32 heavy (non-hydrogen) atoms. The first-order valence-electron chi connectivity index (χ1n) is 10.3. The quantitative estimate of drug-likeness (QED) is 0.549. The van der Waals surface area contributed by atoms with E-state index in [0.29, 0.717) is 42.2 Å². The Hall–Kier alpha value is -3.45. The zero-order valence-electron chi connectivity index (χ0n) is 17.2. The fourth-order valence-corrected chi connectivity index (χ4v) is 3.87. The highest BCUT2D eigenvalue weighted by molar-refractivity contribution is 6.30. The highest BCUT2D eigenvalue weighted by Crippen LogP contribution is 2.34. The van der Waals surface area contributed by atoms with Gasteiger partial charge in [0.15, 0.2) is 0 Å². The number of urea groups is 1. The molecule has 2 N–H and O–H groups in total. The molecule has 0 saturated carbocycles. The summed E-state index contributed by atoms with van der Waals surface area (Å²) in [5, 5.41) is 6.23. The van der Waals surface area contributed by atoms with Crippen LogP contribution in [-0.4, -0.2) is 21.8 Å². The number of carbonyl (C=O) groups is 2. The largest absolute Gasteiger partial charge is 0.334 e. The van der Waals surface area contributed by atoms with E-state index in [0.717, 1.165) is 17.3 Å². The van der Waals surface area contributed by atoms with Crippen molar-refractivity contribution in [3.63, 3.8) is 0 Å². The minimum absolute atomic E-state index is 0.0306. The number of carbonyl (C=O) groups excluding carboxylic acids is 2. The molecule has 0 radical (unpaired) electrons. The fourth-order valence-electron chi connectivity index (χ4n) is 3.74. The molecule has 1 atom stereocenters. The summed E-state index contributed by atoms with van der Waals surface area (Å²) in [7, 11) is 0. The predicted molar refractivity (Wildman–Crippen MR) is 120 cm³/mol. The van der Waals surface area contributed by atoms with E-state index < -0.39 is 5.82 Å². The number of nitrogens with one attached hydrogen (secondary N) is 2. The van der Waals surface area contributed by atoms with Gasteiger partial charge in [-0.1, -0.05) is 35.9 Å². The van der Waals surface area contributed by atoms with Gasteiger partial charge in [-0.15, -0.1) is 0 Å². The number of nitrogens with zero attached hydrogens (tertiary/aromatic N) is 2. The summed E-state index contributed by atoms with van der Waals surface area (Å²) in [5.74, 6) is -0.380. The first-order chi connectivity index (χ1) is 15.5. The maximum Gasteiger partial charge on any atom is 0.319 e. The predicted octanol–water partition coefficient (Wildman–Crippen LogP) is 5.06. The van der Waals surface area contributed by atoms with E-state index in [1.165, 1.54) is 6.07 Å². The highest BCUT2D eigenvalue weighted by atomic mass is 35.5. The first-order valence-corrected chi connectivity index (χ1v) is 10.6. The van der Waals surface area contributed by atoms with Crippen molar-refractivity contribution >= 4 is 29.2 Å². The van der Waals surface area contributed by atoms with Crippen LogP contribution in [-0.2, 0) is 17.9 Å². The van der Waals surface area contributed by atoms with Crippen molar-refractivity contribution < 1.29 is 14.0 Å². The molecule has 3 amide bonds. The van der Waals surface area contributed by atoms with E-state index in [1.54, 1.807) is 35.4 Å². The van der Waals surface area contributed by atoms with Crippen LogP contribution < -0.4 is 10.6 Å². The number of likely N-dealkylation sites (tertiary alicyclic amines) is 1. The molecule has 2 aromatic carbocycles. The van der Waals surface area contributed by atoms with Gasteiger partial charge in [0.2, 0.25) is 5.91 Å². The van der Waals surface area contributed by atoms with Gasteiger partial charge in [0.1, 0.15) is 5.82 Å². The van der Waals surface area contributed by atoms with Gasteiger partial charge in [0.05, 0.1) is 12.2 Å². The van der Waals surface area contributed by atoms with Crippen LogP contribution in [0.25, 0.3) is 0 Å². The Kier molecular flexibility index (Phi) is 6.66. The maximum atomic E-state index is 13.6. The molecule has 1 fully saturated rings. The second-order valence-electron chi connectivity index (χ2n) is 7.64. The molecule has 0 unspecified atom stereocenters. The lowest BCUT2D eigenvalue weighted by Crippen LogP contribution is -2.28. The van der Waals surface area contributed by atoms with Crippen molar-refractivity contribution in [2.24, 2.45) is 0 Å². The summed E-state index contributed by atoms with van der Waals surface area (Å²) in [6.07, 6.45) is 3.82. The van der Waals surface area contributed by atoms with E-state index in [4.69, 9.17) is 11.6 Å². The molecule has 2 heterocycles. The standard InChI is InChI=1S/C24H22ClFN4O2/c25-19-5-1-16(2-6-19)12-28-24(32)29-21-7-3-17(4-8-21)15-30-22(9-10-23(30)31)18-11-20(26)14-27-13-18/h1-8,11,13-14,22H,9-10,12,15H2,(H2,28,29,32)/t22-/m0/s1. The third kappa shape index (κ3) is 5.42. The molecule has 1 aromatic heterocycles. The Morgan fingerprint density at radius 1 is 1.09 bits per heavy atom. The number of amides is 3. The van der Waals surface area contributed by atoms with Gasteiger partial charge >= 0.3 is 6.03 Å². The number of benzene rings is 2. The van der Waals surface area contributed by atoms with Gasteiger partial charge in [-0.05, 0) is 53.4 Å². The molecule has 6 nitrogen and oxygen atoms in total. The van der Waals surface area contributed by atoms with Crippen molar-refractivity contribution in [3.05, 3.63) is 94.5 Å². The SMILES string of the molecule is O=C(NCc1ccc(Cl)cc1)Nc1ccc(CN2C(=O)CC[C@H]2c2cncc(F)c2)cc1. The summed E-state index contributed by atoms with van der Waals surface area (Å²) in [6.45, 7) is 0.789. The summed E-state index contributed by atoms with van der Waals surface area (Å²) in [4.78, 5) is 30.2. The number of halogens is 2. The minimum Gasteiger partial charge on any atom is -0.334 e. The number of anilines is 1. The molecule has 0 bridgehead atoms. The average molecular weight is 453 g/mol. The van der Waals surface area contributed by atoms with E-state index in [1.807, 2.05) is 24.3 Å². The van der Waals surface area contributed by atoms with Crippen molar-refractivity contribution in [2.45, 2.75) is 32.0 Å². The minimum atomic E-state index is -0.411. The van der Waals surface area contributed by atoms with Gasteiger partial charge in [0.25, 0.3) is 0 Å². The first kappa shape index (κ1) is 21.8. The normalized spacial score (nSPS) is 15.6. The second kappa shape index (κ2) is 9.78. The van der Waals surface area contributed by atoms with Crippen molar-refractivity contribution in [1.82, 2.24) is 15.2 Å². The summed E-state index contributed by atoms with van der Waals surface area (Å²) in [5.41, 5.74) is 3.20. The number of hydrogen-bond donors (Lipinski definition) is 2. The molecule has 0 spiro atoms. The Morgan fingerprint density at radius 2 is 1.81 bits per heavy atom. The monoisotopic (exact) mass is 452 g/mol. The maximum absolute atomic E-state index is 13.6. The van der Waals surface area contributed by atoms with Crippen LogP contribution in [0, 0.1) is 5.82 Å².